The maximum atomic E-state index is 12.4. The Morgan fingerprint density at radius 1 is 1.10 bits per heavy atom. The SMILES string of the molecule is N#Cc1cc(Br)ccc1NS(=O)(=O)c1ccc(Br)cc1N. The average molecular weight is 431 g/mol. The Bertz CT molecular complexity index is 845. The number of hydrogen-bond acceptors (Lipinski definition) is 4. The van der Waals surface area contributed by atoms with Crippen molar-refractivity contribution in [2.45, 2.75) is 4.90 Å². The summed E-state index contributed by atoms with van der Waals surface area (Å²) in [4.78, 5) is -0.0440. The number of hydrogen-bond donors (Lipinski definition) is 2. The molecule has 0 bridgehead atoms. The van der Waals surface area contributed by atoms with E-state index in [2.05, 4.69) is 36.6 Å². The zero-order chi connectivity index (χ0) is 15.6. The topological polar surface area (TPSA) is 96.0 Å². The summed E-state index contributed by atoms with van der Waals surface area (Å²) in [5, 5.41) is 9.06. The van der Waals surface area contributed by atoms with E-state index in [1.54, 1.807) is 12.1 Å². The fourth-order valence-electron chi connectivity index (χ4n) is 1.66. The number of nitrogens with zero attached hydrogens (tertiary/aromatic N) is 1. The van der Waals surface area contributed by atoms with Crippen molar-refractivity contribution in [1.82, 2.24) is 0 Å². The van der Waals surface area contributed by atoms with Gasteiger partial charge >= 0.3 is 0 Å². The predicted octanol–water partition coefficient (Wildman–Crippen LogP) is 3.47. The van der Waals surface area contributed by atoms with Crippen LogP contribution in [0.2, 0.25) is 0 Å². The summed E-state index contributed by atoms with van der Waals surface area (Å²) in [6, 6.07) is 11.1. The van der Waals surface area contributed by atoms with Crippen LogP contribution in [0.15, 0.2) is 50.2 Å². The molecule has 0 aliphatic carbocycles. The molecule has 0 heterocycles. The molecule has 2 aromatic carbocycles. The van der Waals surface area contributed by atoms with E-state index < -0.39 is 10.0 Å². The maximum absolute atomic E-state index is 12.4. The van der Waals surface area contributed by atoms with Crippen molar-refractivity contribution in [3.8, 4) is 6.07 Å². The molecule has 0 aromatic heterocycles. The van der Waals surface area contributed by atoms with Crippen LogP contribution in [0.4, 0.5) is 11.4 Å². The molecule has 0 radical (unpaired) electrons. The number of halogens is 2. The van der Waals surface area contributed by atoms with Gasteiger partial charge in [0.1, 0.15) is 11.0 Å². The average Bonchev–Trinajstić information content (AvgIpc) is 2.40. The highest BCUT2D eigenvalue weighted by Crippen LogP contribution is 2.27. The van der Waals surface area contributed by atoms with Crippen LogP contribution in [0.5, 0.6) is 0 Å². The lowest BCUT2D eigenvalue weighted by molar-refractivity contribution is 0.601. The van der Waals surface area contributed by atoms with Gasteiger partial charge in [-0.25, -0.2) is 8.42 Å². The number of benzene rings is 2. The molecule has 3 N–H and O–H groups in total. The van der Waals surface area contributed by atoms with Gasteiger partial charge in [-0.3, -0.25) is 4.72 Å². The molecule has 0 saturated heterocycles. The molecule has 0 unspecified atom stereocenters. The molecular weight excluding hydrogens is 422 g/mol. The predicted molar refractivity (Wildman–Crippen MR) is 88.2 cm³/mol. The molecule has 108 valence electrons. The first-order chi connectivity index (χ1) is 9.83. The first kappa shape index (κ1) is 15.8. The van der Waals surface area contributed by atoms with Gasteiger partial charge in [-0.15, -0.1) is 0 Å². The van der Waals surface area contributed by atoms with E-state index in [1.165, 1.54) is 24.3 Å². The molecule has 0 aliphatic rings. The number of nitrogens with two attached hydrogens (primary N) is 1. The Balaban J connectivity index is 2.45. The molecule has 5 nitrogen and oxygen atoms in total. The molecule has 0 atom stereocenters. The number of anilines is 2. The van der Waals surface area contributed by atoms with Crippen LogP contribution in [-0.2, 0) is 10.0 Å². The zero-order valence-corrected chi connectivity index (χ0v) is 14.5. The van der Waals surface area contributed by atoms with Gasteiger partial charge in [0.15, 0.2) is 0 Å². The van der Waals surface area contributed by atoms with Gasteiger partial charge in [-0.05, 0) is 36.4 Å². The molecule has 0 amide bonds. The molecular formula is C13H9Br2N3O2S. The van der Waals surface area contributed by atoms with Gasteiger partial charge in [0.25, 0.3) is 10.0 Å². The van der Waals surface area contributed by atoms with Crippen molar-refractivity contribution in [1.29, 1.82) is 5.26 Å². The fourth-order valence-corrected chi connectivity index (χ4v) is 3.60. The molecule has 0 fully saturated rings. The van der Waals surface area contributed by atoms with Gasteiger partial charge in [0, 0.05) is 8.95 Å². The number of nitriles is 1. The summed E-state index contributed by atoms with van der Waals surface area (Å²) in [5.41, 5.74) is 6.26. The molecule has 2 rings (SSSR count). The number of sulfonamides is 1. The summed E-state index contributed by atoms with van der Waals surface area (Å²) in [6.07, 6.45) is 0. The summed E-state index contributed by atoms with van der Waals surface area (Å²) >= 11 is 6.44. The Morgan fingerprint density at radius 3 is 2.33 bits per heavy atom. The summed E-state index contributed by atoms with van der Waals surface area (Å²) in [6.45, 7) is 0. The summed E-state index contributed by atoms with van der Waals surface area (Å²) in [7, 11) is -3.87. The summed E-state index contributed by atoms with van der Waals surface area (Å²) < 4.78 is 28.5. The monoisotopic (exact) mass is 429 g/mol. The smallest absolute Gasteiger partial charge is 0.263 e. The lowest BCUT2D eigenvalue weighted by Gasteiger charge is -2.11. The highest BCUT2D eigenvalue weighted by molar-refractivity contribution is 9.10. The fraction of sp³-hybridized carbons (Fsp3) is 0. The van der Waals surface area contributed by atoms with Crippen molar-refractivity contribution < 1.29 is 8.42 Å². The van der Waals surface area contributed by atoms with Gasteiger partial charge in [-0.1, -0.05) is 31.9 Å². The maximum Gasteiger partial charge on any atom is 0.263 e. The number of nitrogen functional groups attached to an aromatic ring is 1. The largest absolute Gasteiger partial charge is 0.398 e. The van der Waals surface area contributed by atoms with E-state index >= 15 is 0 Å². The van der Waals surface area contributed by atoms with Crippen LogP contribution in [0, 0.1) is 11.3 Å². The Kier molecular flexibility index (Phi) is 4.56. The third kappa shape index (κ3) is 3.56. The van der Waals surface area contributed by atoms with E-state index in [9.17, 15) is 8.42 Å². The minimum absolute atomic E-state index is 0.0440. The van der Waals surface area contributed by atoms with Gasteiger partial charge in [0.05, 0.1) is 16.9 Å². The van der Waals surface area contributed by atoms with Crippen LogP contribution < -0.4 is 10.5 Å². The molecule has 21 heavy (non-hydrogen) atoms. The molecule has 8 heteroatoms. The van der Waals surface area contributed by atoms with E-state index in [0.717, 1.165) is 0 Å². The third-order valence-corrected chi connectivity index (χ3v) is 5.03. The van der Waals surface area contributed by atoms with Crippen molar-refractivity contribution in [3.05, 3.63) is 50.9 Å². The van der Waals surface area contributed by atoms with E-state index in [0.29, 0.717) is 8.95 Å². The summed E-state index contributed by atoms with van der Waals surface area (Å²) in [5.74, 6) is 0. The highest BCUT2D eigenvalue weighted by Gasteiger charge is 2.19. The van der Waals surface area contributed by atoms with E-state index in [1.807, 2.05) is 6.07 Å². The van der Waals surface area contributed by atoms with Crippen LogP contribution in [-0.4, -0.2) is 8.42 Å². The van der Waals surface area contributed by atoms with Crippen LogP contribution in [0.25, 0.3) is 0 Å². The van der Waals surface area contributed by atoms with Crippen LogP contribution >= 0.6 is 31.9 Å². The third-order valence-electron chi connectivity index (χ3n) is 2.61. The minimum Gasteiger partial charge on any atom is -0.398 e. The van der Waals surface area contributed by atoms with Crippen molar-refractivity contribution in [3.63, 3.8) is 0 Å². The minimum atomic E-state index is -3.87. The van der Waals surface area contributed by atoms with E-state index in [4.69, 9.17) is 11.0 Å². The Hall–Kier alpha value is -1.56. The highest BCUT2D eigenvalue weighted by atomic mass is 79.9. The Morgan fingerprint density at radius 2 is 1.71 bits per heavy atom. The van der Waals surface area contributed by atoms with Crippen molar-refractivity contribution >= 4 is 53.3 Å². The molecule has 0 spiro atoms. The first-order valence-corrected chi connectivity index (χ1v) is 8.68. The van der Waals surface area contributed by atoms with Gasteiger partial charge in [0.2, 0.25) is 0 Å². The molecule has 0 aliphatic heterocycles. The second-order valence-corrected chi connectivity index (χ2v) is 7.57. The Labute approximate surface area is 139 Å². The quantitative estimate of drug-likeness (QED) is 0.728. The number of rotatable bonds is 3. The second kappa shape index (κ2) is 6.05. The van der Waals surface area contributed by atoms with Crippen LogP contribution in [0.3, 0.4) is 0 Å². The first-order valence-electron chi connectivity index (χ1n) is 5.61. The number of nitrogens with one attached hydrogen (secondary N) is 1. The zero-order valence-electron chi connectivity index (χ0n) is 10.5. The van der Waals surface area contributed by atoms with E-state index in [-0.39, 0.29) is 21.8 Å². The van der Waals surface area contributed by atoms with Crippen molar-refractivity contribution in [2.75, 3.05) is 10.5 Å². The van der Waals surface area contributed by atoms with Gasteiger partial charge < -0.3 is 5.73 Å². The van der Waals surface area contributed by atoms with Crippen LogP contribution in [0.1, 0.15) is 5.56 Å². The lowest BCUT2D eigenvalue weighted by Crippen LogP contribution is -2.15. The standard InChI is InChI=1S/C13H9Br2N3O2S/c14-9-1-3-12(8(5-9)7-16)18-21(19,20)13-4-2-10(15)6-11(13)17/h1-6,18H,17H2. The van der Waals surface area contributed by atoms with Crippen molar-refractivity contribution in [2.24, 2.45) is 0 Å². The van der Waals surface area contributed by atoms with Gasteiger partial charge in [-0.2, -0.15) is 5.26 Å². The molecule has 2 aromatic rings. The lowest BCUT2D eigenvalue weighted by atomic mass is 10.2. The second-order valence-electron chi connectivity index (χ2n) is 4.09. The molecule has 0 saturated carbocycles. The normalized spacial score (nSPS) is 10.9.